The fourth-order valence-electron chi connectivity index (χ4n) is 2.63. The maximum absolute atomic E-state index is 12.1. The smallest absolute Gasteiger partial charge is 0.406 e. The molecule has 3 N–H and O–H groups in total. The van der Waals surface area contributed by atoms with Gasteiger partial charge in [0.2, 0.25) is 0 Å². The van der Waals surface area contributed by atoms with Crippen molar-refractivity contribution in [2.45, 2.75) is 31.3 Å². The highest BCUT2D eigenvalue weighted by molar-refractivity contribution is 14.0. The Morgan fingerprint density at radius 3 is 2.38 bits per heavy atom. The molecule has 0 aromatic heterocycles. The molecular weight excluding hydrogens is 458 g/mol. The second-order valence-corrected chi connectivity index (χ2v) is 5.90. The highest BCUT2D eigenvalue weighted by atomic mass is 127. The first-order chi connectivity index (χ1) is 11.9. The van der Waals surface area contributed by atoms with E-state index in [-0.39, 0.29) is 42.3 Å². The summed E-state index contributed by atoms with van der Waals surface area (Å²) in [5.41, 5.74) is 7.90. The number of nitrogens with two attached hydrogens (primary N) is 1. The summed E-state index contributed by atoms with van der Waals surface area (Å²) in [5, 5.41) is 3.17. The van der Waals surface area contributed by atoms with Crippen LogP contribution in [0.2, 0.25) is 0 Å². The van der Waals surface area contributed by atoms with E-state index < -0.39 is 6.36 Å². The third-order valence-electron chi connectivity index (χ3n) is 3.94. The van der Waals surface area contributed by atoms with Crippen molar-refractivity contribution in [1.82, 2.24) is 5.32 Å². The second kappa shape index (κ2) is 8.61. The minimum absolute atomic E-state index is 0. The van der Waals surface area contributed by atoms with Crippen molar-refractivity contribution in [3.63, 3.8) is 0 Å². The first kappa shape index (κ1) is 20.3. The Morgan fingerprint density at radius 2 is 1.77 bits per heavy atom. The van der Waals surface area contributed by atoms with E-state index in [0.29, 0.717) is 11.9 Å². The Balaban J connectivity index is 0.00000243. The zero-order chi connectivity index (χ0) is 17.9. The Hall–Kier alpha value is -1.97. The van der Waals surface area contributed by atoms with Crippen LogP contribution in [0.3, 0.4) is 0 Å². The molecule has 0 saturated heterocycles. The van der Waals surface area contributed by atoms with Crippen LogP contribution in [0.15, 0.2) is 59.6 Å². The van der Waals surface area contributed by atoms with Gasteiger partial charge in [0.1, 0.15) is 5.75 Å². The number of hydrogen-bond acceptors (Lipinski definition) is 2. The Kier molecular flexibility index (Phi) is 6.74. The first-order valence-electron chi connectivity index (χ1n) is 7.87. The van der Waals surface area contributed by atoms with Gasteiger partial charge in [0.25, 0.3) is 0 Å². The van der Waals surface area contributed by atoms with Gasteiger partial charge in [-0.2, -0.15) is 0 Å². The zero-order valence-corrected chi connectivity index (χ0v) is 16.1. The lowest BCUT2D eigenvalue weighted by Crippen LogP contribution is -2.34. The molecular formula is C18H19F3IN3O. The predicted octanol–water partition coefficient (Wildman–Crippen LogP) is 4.16. The van der Waals surface area contributed by atoms with Crippen molar-refractivity contribution in [3.05, 3.63) is 65.7 Å². The van der Waals surface area contributed by atoms with Crippen molar-refractivity contribution in [2.75, 3.05) is 0 Å². The number of guanidine groups is 1. The van der Waals surface area contributed by atoms with Gasteiger partial charge in [-0.15, -0.1) is 37.1 Å². The number of benzene rings is 2. The molecule has 3 rings (SSSR count). The maximum atomic E-state index is 12.1. The number of halogens is 4. The van der Waals surface area contributed by atoms with E-state index in [1.165, 1.54) is 29.8 Å². The summed E-state index contributed by atoms with van der Waals surface area (Å²) in [6.07, 6.45) is -3.68. The van der Waals surface area contributed by atoms with Gasteiger partial charge < -0.3 is 15.8 Å². The van der Waals surface area contributed by atoms with Gasteiger partial charge in [-0.3, -0.25) is 0 Å². The molecule has 0 spiro atoms. The SMILES string of the molecule is I.NC(=NCc1ccc(OC(F)(F)F)cc1)NC1CC1c1ccccc1. The molecule has 8 heteroatoms. The summed E-state index contributed by atoms with van der Waals surface area (Å²) in [6, 6.07) is 16.0. The van der Waals surface area contributed by atoms with Gasteiger partial charge in [0, 0.05) is 12.0 Å². The summed E-state index contributed by atoms with van der Waals surface area (Å²) < 4.78 is 40.1. The molecule has 1 saturated carbocycles. The fourth-order valence-corrected chi connectivity index (χ4v) is 2.63. The van der Waals surface area contributed by atoms with Crippen LogP contribution in [0.5, 0.6) is 5.75 Å². The third kappa shape index (κ3) is 6.08. The minimum atomic E-state index is -4.69. The van der Waals surface area contributed by atoms with Gasteiger partial charge in [-0.1, -0.05) is 42.5 Å². The average molecular weight is 477 g/mol. The second-order valence-electron chi connectivity index (χ2n) is 5.90. The van der Waals surface area contributed by atoms with Crippen molar-refractivity contribution in [3.8, 4) is 5.75 Å². The minimum Gasteiger partial charge on any atom is -0.406 e. The average Bonchev–Trinajstić information content (AvgIpc) is 3.33. The Morgan fingerprint density at radius 1 is 1.12 bits per heavy atom. The van der Waals surface area contributed by atoms with E-state index in [0.717, 1.165) is 12.0 Å². The van der Waals surface area contributed by atoms with Crippen LogP contribution in [0.4, 0.5) is 13.2 Å². The summed E-state index contributed by atoms with van der Waals surface area (Å²) in [6.45, 7) is 0.286. The van der Waals surface area contributed by atoms with Crippen LogP contribution in [0.1, 0.15) is 23.5 Å². The van der Waals surface area contributed by atoms with E-state index in [4.69, 9.17) is 5.73 Å². The number of rotatable bonds is 5. The van der Waals surface area contributed by atoms with Gasteiger partial charge in [0.05, 0.1) is 6.54 Å². The van der Waals surface area contributed by atoms with Crippen LogP contribution in [-0.2, 0) is 6.54 Å². The lowest BCUT2D eigenvalue weighted by atomic mass is 10.1. The van der Waals surface area contributed by atoms with E-state index >= 15 is 0 Å². The summed E-state index contributed by atoms with van der Waals surface area (Å²) in [7, 11) is 0. The van der Waals surface area contributed by atoms with Gasteiger partial charge in [0.15, 0.2) is 5.96 Å². The molecule has 2 aromatic carbocycles. The molecule has 26 heavy (non-hydrogen) atoms. The molecule has 0 aliphatic heterocycles. The molecule has 0 amide bonds. The van der Waals surface area contributed by atoms with Gasteiger partial charge >= 0.3 is 6.36 Å². The van der Waals surface area contributed by atoms with Crippen LogP contribution >= 0.6 is 24.0 Å². The van der Waals surface area contributed by atoms with Crippen LogP contribution < -0.4 is 15.8 Å². The van der Waals surface area contributed by atoms with Crippen LogP contribution in [0.25, 0.3) is 0 Å². The van der Waals surface area contributed by atoms with E-state index in [1.807, 2.05) is 18.2 Å². The molecule has 1 aliphatic rings. The van der Waals surface area contributed by atoms with Gasteiger partial charge in [-0.25, -0.2) is 4.99 Å². The van der Waals surface area contributed by atoms with Crippen molar-refractivity contribution in [1.29, 1.82) is 0 Å². The largest absolute Gasteiger partial charge is 0.573 e. The molecule has 2 atom stereocenters. The third-order valence-corrected chi connectivity index (χ3v) is 3.94. The normalized spacial score (nSPS) is 19.4. The molecule has 4 nitrogen and oxygen atoms in total. The van der Waals surface area contributed by atoms with Crippen LogP contribution in [-0.4, -0.2) is 18.4 Å². The topological polar surface area (TPSA) is 59.6 Å². The zero-order valence-electron chi connectivity index (χ0n) is 13.7. The maximum Gasteiger partial charge on any atom is 0.573 e. The summed E-state index contributed by atoms with van der Waals surface area (Å²) in [4.78, 5) is 4.23. The van der Waals surface area contributed by atoms with Crippen molar-refractivity contribution >= 4 is 29.9 Å². The Labute approximate surface area is 166 Å². The number of hydrogen-bond donors (Lipinski definition) is 2. The standard InChI is InChI=1S/C18H18F3N3O.HI/c19-18(20,21)25-14-8-6-12(7-9-14)11-23-17(22)24-16-10-15(16)13-4-2-1-3-5-13;/h1-9,15-16H,10-11H2,(H3,22,23,24);1H. The summed E-state index contributed by atoms with van der Waals surface area (Å²) in [5.74, 6) is 0.516. The molecule has 140 valence electrons. The quantitative estimate of drug-likeness (QED) is 0.387. The molecule has 2 unspecified atom stereocenters. The molecule has 1 fully saturated rings. The Bertz CT molecular complexity index is 736. The highest BCUT2D eigenvalue weighted by Gasteiger charge is 2.38. The number of nitrogens with one attached hydrogen (secondary N) is 1. The van der Waals surface area contributed by atoms with E-state index in [1.54, 1.807) is 0 Å². The summed E-state index contributed by atoms with van der Waals surface area (Å²) >= 11 is 0. The molecule has 0 radical (unpaired) electrons. The van der Waals surface area contributed by atoms with Crippen LogP contribution in [0, 0.1) is 0 Å². The molecule has 1 aliphatic carbocycles. The molecule has 0 bridgehead atoms. The first-order valence-corrected chi connectivity index (χ1v) is 7.87. The number of ether oxygens (including phenoxy) is 1. The fraction of sp³-hybridized carbons (Fsp3) is 0.278. The van der Waals surface area contributed by atoms with Crippen molar-refractivity contribution in [2.24, 2.45) is 10.7 Å². The van der Waals surface area contributed by atoms with Gasteiger partial charge in [-0.05, 0) is 29.7 Å². The molecule has 2 aromatic rings. The number of aliphatic imine (C=N–C) groups is 1. The highest BCUT2D eigenvalue weighted by Crippen LogP contribution is 2.40. The lowest BCUT2D eigenvalue weighted by molar-refractivity contribution is -0.274. The van der Waals surface area contributed by atoms with Crippen molar-refractivity contribution < 1.29 is 17.9 Å². The predicted molar refractivity (Wildman–Crippen MR) is 105 cm³/mol. The monoisotopic (exact) mass is 477 g/mol. The lowest BCUT2D eigenvalue weighted by Gasteiger charge is -2.09. The van der Waals surface area contributed by atoms with E-state index in [9.17, 15) is 13.2 Å². The number of nitrogens with zero attached hydrogens (tertiary/aromatic N) is 1. The number of alkyl halides is 3. The molecule has 0 heterocycles. The van der Waals surface area contributed by atoms with E-state index in [2.05, 4.69) is 27.2 Å².